The maximum atomic E-state index is 12.9. The van der Waals surface area contributed by atoms with E-state index in [0.717, 1.165) is 16.8 Å². The molecule has 3 aromatic carbocycles. The van der Waals surface area contributed by atoms with Gasteiger partial charge in [-0.3, -0.25) is 9.69 Å². The van der Waals surface area contributed by atoms with E-state index in [4.69, 9.17) is 0 Å². The lowest BCUT2D eigenvalue weighted by Gasteiger charge is -2.32. The smallest absolute Gasteiger partial charge is 0.238 e. The molecule has 1 aliphatic rings. The molecule has 0 aromatic heterocycles. The molecule has 1 heterocycles. The zero-order chi connectivity index (χ0) is 23.1. The predicted octanol–water partition coefficient (Wildman–Crippen LogP) is 3.08. The summed E-state index contributed by atoms with van der Waals surface area (Å²) in [4.78, 5) is 14.9. The van der Waals surface area contributed by atoms with E-state index in [1.165, 1.54) is 0 Å². The Kier molecular flexibility index (Phi) is 7.54. The maximum absolute atomic E-state index is 12.9. The Morgan fingerprint density at radius 2 is 1.39 bits per heavy atom. The largest absolute Gasteiger partial charge is 0.325 e. The van der Waals surface area contributed by atoms with Crippen LogP contribution in [0.4, 0.5) is 5.69 Å². The minimum atomic E-state index is -3.22. The van der Waals surface area contributed by atoms with E-state index in [1.807, 2.05) is 95.9 Å². The molecule has 4 rings (SSSR count). The molecule has 0 saturated carbocycles. The number of anilines is 1. The second-order valence-electron chi connectivity index (χ2n) is 8.42. The Bertz CT molecular complexity index is 1140. The third-order valence-electron chi connectivity index (χ3n) is 5.84. The van der Waals surface area contributed by atoms with Gasteiger partial charge in [0.25, 0.3) is 0 Å². The lowest BCUT2D eigenvalue weighted by molar-refractivity contribution is -0.118. The molecule has 7 heteroatoms. The molecule has 0 bridgehead atoms. The molecule has 0 radical (unpaired) electrons. The molecular formula is C26H29N3O3S. The van der Waals surface area contributed by atoms with Gasteiger partial charge in [-0.05, 0) is 23.3 Å². The van der Waals surface area contributed by atoms with Gasteiger partial charge in [-0.1, -0.05) is 78.9 Å². The van der Waals surface area contributed by atoms with E-state index in [-0.39, 0.29) is 36.0 Å². The third kappa shape index (κ3) is 6.74. The molecule has 33 heavy (non-hydrogen) atoms. The Balaban J connectivity index is 1.53. The molecule has 1 amide bonds. The molecule has 3 aromatic rings. The Hall–Kier alpha value is -3.00. The fourth-order valence-corrected chi connectivity index (χ4v) is 6.23. The standard InChI is InChI=1S/C26H29N3O3S/c30-26(28-23-14-8-3-9-15-23)18-29(17-22-12-6-2-7-13-22)25-20-33(31,32)19-24(25)27-16-21-10-4-1-5-11-21/h1-15,24-25,27H,16-20H2,(H,28,30). The zero-order valence-corrected chi connectivity index (χ0v) is 19.2. The third-order valence-corrected chi connectivity index (χ3v) is 7.55. The van der Waals surface area contributed by atoms with Crippen molar-refractivity contribution < 1.29 is 13.2 Å². The second-order valence-corrected chi connectivity index (χ2v) is 10.6. The van der Waals surface area contributed by atoms with E-state index in [0.29, 0.717) is 13.1 Å². The molecular weight excluding hydrogens is 434 g/mol. The number of hydrogen-bond acceptors (Lipinski definition) is 5. The van der Waals surface area contributed by atoms with Gasteiger partial charge in [-0.15, -0.1) is 0 Å². The molecule has 2 N–H and O–H groups in total. The molecule has 2 unspecified atom stereocenters. The van der Waals surface area contributed by atoms with Crippen molar-refractivity contribution in [2.24, 2.45) is 0 Å². The van der Waals surface area contributed by atoms with Crippen LogP contribution in [0.15, 0.2) is 91.0 Å². The molecule has 172 valence electrons. The Morgan fingerprint density at radius 3 is 2.03 bits per heavy atom. The van der Waals surface area contributed by atoms with Crippen molar-refractivity contribution in [1.29, 1.82) is 0 Å². The fraction of sp³-hybridized carbons (Fsp3) is 0.269. The number of para-hydroxylation sites is 1. The van der Waals surface area contributed by atoms with Crippen molar-refractivity contribution in [2.75, 3.05) is 23.4 Å². The number of nitrogens with one attached hydrogen (secondary N) is 2. The average molecular weight is 464 g/mol. The SMILES string of the molecule is O=C(CN(Cc1ccccc1)C1CS(=O)(=O)CC1NCc1ccccc1)Nc1ccccc1. The monoisotopic (exact) mass is 463 g/mol. The normalized spacial score (nSPS) is 19.4. The summed E-state index contributed by atoms with van der Waals surface area (Å²) >= 11 is 0. The zero-order valence-electron chi connectivity index (χ0n) is 18.4. The van der Waals surface area contributed by atoms with Crippen LogP contribution in [0.25, 0.3) is 0 Å². The summed E-state index contributed by atoms with van der Waals surface area (Å²) in [5.41, 5.74) is 2.85. The van der Waals surface area contributed by atoms with Gasteiger partial charge in [-0.2, -0.15) is 0 Å². The number of hydrogen-bond donors (Lipinski definition) is 2. The fourth-order valence-electron chi connectivity index (χ4n) is 4.24. The number of benzene rings is 3. The average Bonchev–Trinajstić information content (AvgIpc) is 3.13. The van der Waals surface area contributed by atoms with E-state index in [2.05, 4.69) is 10.6 Å². The first-order valence-corrected chi connectivity index (χ1v) is 12.9. The highest BCUT2D eigenvalue weighted by atomic mass is 32.2. The first-order chi connectivity index (χ1) is 16.0. The van der Waals surface area contributed by atoms with Crippen molar-refractivity contribution in [1.82, 2.24) is 10.2 Å². The van der Waals surface area contributed by atoms with Gasteiger partial charge in [-0.25, -0.2) is 8.42 Å². The predicted molar refractivity (Wildman–Crippen MR) is 131 cm³/mol. The van der Waals surface area contributed by atoms with Crippen LogP contribution < -0.4 is 10.6 Å². The van der Waals surface area contributed by atoms with Crippen LogP contribution in [0.2, 0.25) is 0 Å². The summed E-state index contributed by atoms with van der Waals surface area (Å²) in [6.45, 7) is 1.17. The molecule has 0 spiro atoms. The number of rotatable bonds is 9. The van der Waals surface area contributed by atoms with E-state index in [1.54, 1.807) is 0 Å². The van der Waals surface area contributed by atoms with Gasteiger partial charge >= 0.3 is 0 Å². The summed E-state index contributed by atoms with van der Waals surface area (Å²) in [5, 5.41) is 6.36. The van der Waals surface area contributed by atoms with E-state index in [9.17, 15) is 13.2 Å². The van der Waals surface area contributed by atoms with Gasteiger partial charge in [0, 0.05) is 30.9 Å². The molecule has 1 fully saturated rings. The Morgan fingerprint density at radius 1 is 0.818 bits per heavy atom. The lowest BCUT2D eigenvalue weighted by atomic mass is 10.1. The highest BCUT2D eigenvalue weighted by molar-refractivity contribution is 7.91. The van der Waals surface area contributed by atoms with Crippen molar-refractivity contribution in [3.8, 4) is 0 Å². The summed E-state index contributed by atoms with van der Waals surface area (Å²) in [7, 11) is -3.22. The molecule has 2 atom stereocenters. The maximum Gasteiger partial charge on any atom is 0.238 e. The van der Waals surface area contributed by atoms with Crippen LogP contribution in [0, 0.1) is 0 Å². The summed E-state index contributed by atoms with van der Waals surface area (Å²) < 4.78 is 25.3. The van der Waals surface area contributed by atoms with Crippen LogP contribution in [-0.4, -0.2) is 49.4 Å². The highest BCUT2D eigenvalue weighted by Crippen LogP contribution is 2.22. The van der Waals surface area contributed by atoms with Crippen molar-refractivity contribution in [2.45, 2.75) is 25.2 Å². The highest BCUT2D eigenvalue weighted by Gasteiger charge is 2.41. The van der Waals surface area contributed by atoms with Crippen LogP contribution >= 0.6 is 0 Å². The summed E-state index contributed by atoms with van der Waals surface area (Å²) in [6.07, 6.45) is 0. The van der Waals surface area contributed by atoms with Crippen LogP contribution in [-0.2, 0) is 27.7 Å². The first-order valence-electron chi connectivity index (χ1n) is 11.1. The van der Waals surface area contributed by atoms with Gasteiger partial charge in [0.05, 0.1) is 18.1 Å². The molecule has 1 saturated heterocycles. The van der Waals surface area contributed by atoms with Gasteiger partial charge in [0.2, 0.25) is 5.91 Å². The van der Waals surface area contributed by atoms with Gasteiger partial charge in [0.15, 0.2) is 9.84 Å². The molecule has 1 aliphatic heterocycles. The molecule has 0 aliphatic carbocycles. The Labute approximate surface area is 195 Å². The van der Waals surface area contributed by atoms with E-state index < -0.39 is 9.84 Å². The lowest BCUT2D eigenvalue weighted by Crippen LogP contribution is -2.51. The quantitative estimate of drug-likeness (QED) is 0.510. The number of sulfone groups is 1. The van der Waals surface area contributed by atoms with Crippen molar-refractivity contribution >= 4 is 21.4 Å². The van der Waals surface area contributed by atoms with E-state index >= 15 is 0 Å². The van der Waals surface area contributed by atoms with Crippen molar-refractivity contribution in [3.63, 3.8) is 0 Å². The number of amides is 1. The number of nitrogens with zero attached hydrogens (tertiary/aromatic N) is 1. The van der Waals surface area contributed by atoms with Crippen molar-refractivity contribution in [3.05, 3.63) is 102 Å². The van der Waals surface area contributed by atoms with Gasteiger partial charge in [0.1, 0.15) is 0 Å². The summed E-state index contributed by atoms with van der Waals surface area (Å²) in [6, 6.07) is 28.5. The topological polar surface area (TPSA) is 78.5 Å². The van der Waals surface area contributed by atoms with Gasteiger partial charge < -0.3 is 10.6 Å². The second kappa shape index (κ2) is 10.7. The number of carbonyl (C=O) groups is 1. The minimum absolute atomic E-state index is 0.0326. The van der Waals surface area contributed by atoms with Crippen LogP contribution in [0.5, 0.6) is 0 Å². The number of carbonyl (C=O) groups excluding carboxylic acids is 1. The van der Waals surface area contributed by atoms with Crippen LogP contribution in [0.1, 0.15) is 11.1 Å². The molecule has 6 nitrogen and oxygen atoms in total. The summed E-state index contributed by atoms with van der Waals surface area (Å²) in [5.74, 6) is -0.0655. The van der Waals surface area contributed by atoms with Crippen LogP contribution in [0.3, 0.4) is 0 Å². The minimum Gasteiger partial charge on any atom is -0.325 e. The first kappa shape index (κ1) is 23.2.